The minimum atomic E-state index is -0.359. The number of halogens is 1. The fourth-order valence-corrected chi connectivity index (χ4v) is 2.35. The van der Waals surface area contributed by atoms with Crippen LogP contribution in [0.1, 0.15) is 24.1 Å². The number of benzene rings is 2. The van der Waals surface area contributed by atoms with Crippen LogP contribution in [0.3, 0.4) is 0 Å². The molecule has 0 bridgehead atoms. The number of hydrogen-bond donors (Lipinski definition) is 1. The van der Waals surface area contributed by atoms with E-state index < -0.39 is 0 Å². The van der Waals surface area contributed by atoms with Crippen molar-refractivity contribution in [3.63, 3.8) is 0 Å². The van der Waals surface area contributed by atoms with Gasteiger partial charge in [0.15, 0.2) is 0 Å². The molecule has 0 aromatic heterocycles. The Morgan fingerprint density at radius 1 is 1.20 bits per heavy atom. The standard InChI is InChI=1S/C15H15IN2O2/c1-10-3-8-15(18(19)20)14(9-10)17-11(2)12-4-6-13(16)7-5-12/h3-9,11,17H,1-2H3. The van der Waals surface area contributed by atoms with Gasteiger partial charge in [0.25, 0.3) is 5.69 Å². The van der Waals surface area contributed by atoms with Gasteiger partial charge in [-0.25, -0.2) is 0 Å². The molecule has 0 spiro atoms. The van der Waals surface area contributed by atoms with Crippen molar-refractivity contribution in [3.05, 3.63) is 67.3 Å². The minimum absolute atomic E-state index is 0.00694. The van der Waals surface area contributed by atoms with Crippen molar-refractivity contribution in [2.45, 2.75) is 19.9 Å². The molecule has 0 fully saturated rings. The Bertz CT molecular complexity index is 626. The molecule has 5 heteroatoms. The first-order valence-corrected chi connectivity index (χ1v) is 7.32. The Kier molecular flexibility index (Phi) is 4.59. The third kappa shape index (κ3) is 3.47. The Morgan fingerprint density at radius 3 is 2.45 bits per heavy atom. The number of nitro benzene ring substituents is 1. The van der Waals surface area contributed by atoms with E-state index in [0.717, 1.165) is 11.1 Å². The number of anilines is 1. The molecule has 20 heavy (non-hydrogen) atoms. The number of rotatable bonds is 4. The van der Waals surface area contributed by atoms with Crippen molar-refractivity contribution in [3.8, 4) is 0 Å². The van der Waals surface area contributed by atoms with Gasteiger partial charge >= 0.3 is 0 Å². The zero-order valence-electron chi connectivity index (χ0n) is 11.3. The summed E-state index contributed by atoms with van der Waals surface area (Å²) in [6.45, 7) is 3.92. The largest absolute Gasteiger partial charge is 0.373 e. The van der Waals surface area contributed by atoms with Crippen molar-refractivity contribution >= 4 is 34.0 Å². The van der Waals surface area contributed by atoms with Crippen LogP contribution in [-0.4, -0.2) is 4.92 Å². The molecule has 1 unspecified atom stereocenters. The average molecular weight is 382 g/mol. The molecular weight excluding hydrogens is 367 g/mol. The number of nitro groups is 1. The molecule has 2 rings (SSSR count). The molecule has 104 valence electrons. The van der Waals surface area contributed by atoms with Crippen molar-refractivity contribution in [2.75, 3.05) is 5.32 Å². The predicted octanol–water partition coefficient (Wildman–Crippen LogP) is 4.68. The van der Waals surface area contributed by atoms with Crippen molar-refractivity contribution in [1.29, 1.82) is 0 Å². The van der Waals surface area contributed by atoms with E-state index in [0.29, 0.717) is 5.69 Å². The highest BCUT2D eigenvalue weighted by atomic mass is 127. The Labute approximate surface area is 131 Å². The second-order valence-corrected chi connectivity index (χ2v) is 5.94. The van der Waals surface area contributed by atoms with E-state index in [-0.39, 0.29) is 16.7 Å². The van der Waals surface area contributed by atoms with E-state index >= 15 is 0 Å². The molecule has 0 aliphatic heterocycles. The quantitative estimate of drug-likeness (QED) is 0.475. The maximum absolute atomic E-state index is 11.1. The highest BCUT2D eigenvalue weighted by Gasteiger charge is 2.15. The first-order chi connectivity index (χ1) is 9.47. The molecule has 0 aliphatic carbocycles. The van der Waals surface area contributed by atoms with Crippen LogP contribution in [0, 0.1) is 20.6 Å². The van der Waals surface area contributed by atoms with E-state index in [1.165, 1.54) is 9.64 Å². The molecule has 0 saturated heterocycles. The lowest BCUT2D eigenvalue weighted by Gasteiger charge is -2.16. The Morgan fingerprint density at radius 2 is 1.85 bits per heavy atom. The fourth-order valence-electron chi connectivity index (χ4n) is 1.99. The van der Waals surface area contributed by atoms with Gasteiger partial charge < -0.3 is 5.32 Å². The molecular formula is C15H15IN2O2. The Balaban J connectivity index is 2.27. The van der Waals surface area contributed by atoms with Gasteiger partial charge in [0.05, 0.1) is 4.92 Å². The van der Waals surface area contributed by atoms with Crippen LogP contribution in [0.15, 0.2) is 42.5 Å². The van der Waals surface area contributed by atoms with Gasteiger partial charge in [-0.2, -0.15) is 0 Å². The monoisotopic (exact) mass is 382 g/mol. The van der Waals surface area contributed by atoms with Gasteiger partial charge in [-0.05, 0) is 65.8 Å². The molecule has 0 amide bonds. The summed E-state index contributed by atoms with van der Waals surface area (Å²) in [5.74, 6) is 0. The highest BCUT2D eigenvalue weighted by Crippen LogP contribution is 2.29. The van der Waals surface area contributed by atoms with Crippen LogP contribution in [0.2, 0.25) is 0 Å². The molecule has 0 heterocycles. The third-order valence-corrected chi connectivity index (χ3v) is 3.81. The summed E-state index contributed by atoms with van der Waals surface area (Å²) < 4.78 is 1.17. The third-order valence-electron chi connectivity index (χ3n) is 3.09. The molecule has 0 saturated carbocycles. The summed E-state index contributed by atoms with van der Waals surface area (Å²) in [6.07, 6.45) is 0. The first-order valence-electron chi connectivity index (χ1n) is 6.24. The SMILES string of the molecule is Cc1ccc([N+](=O)[O-])c(NC(C)c2ccc(I)cc2)c1. The maximum Gasteiger partial charge on any atom is 0.292 e. The maximum atomic E-state index is 11.1. The van der Waals surface area contributed by atoms with Crippen LogP contribution in [0.5, 0.6) is 0 Å². The van der Waals surface area contributed by atoms with Gasteiger partial charge in [0.1, 0.15) is 5.69 Å². The van der Waals surface area contributed by atoms with Crippen molar-refractivity contribution in [1.82, 2.24) is 0 Å². The van der Waals surface area contributed by atoms with Crippen LogP contribution in [0.4, 0.5) is 11.4 Å². The van der Waals surface area contributed by atoms with Crippen molar-refractivity contribution in [2.24, 2.45) is 0 Å². The van der Waals surface area contributed by atoms with Gasteiger partial charge in [-0.15, -0.1) is 0 Å². The van der Waals surface area contributed by atoms with Gasteiger partial charge in [-0.3, -0.25) is 10.1 Å². The lowest BCUT2D eigenvalue weighted by Crippen LogP contribution is -2.08. The molecule has 1 N–H and O–H groups in total. The fraction of sp³-hybridized carbons (Fsp3) is 0.200. The smallest absolute Gasteiger partial charge is 0.292 e. The van der Waals surface area contributed by atoms with Gasteiger partial charge in [-0.1, -0.05) is 18.2 Å². The molecule has 1 atom stereocenters. The topological polar surface area (TPSA) is 55.2 Å². The van der Waals surface area contributed by atoms with E-state index in [4.69, 9.17) is 0 Å². The summed E-state index contributed by atoms with van der Waals surface area (Å²) in [6, 6.07) is 13.2. The van der Waals surface area contributed by atoms with Crippen LogP contribution >= 0.6 is 22.6 Å². The predicted molar refractivity (Wildman–Crippen MR) is 89.0 cm³/mol. The van der Waals surface area contributed by atoms with Crippen LogP contribution in [-0.2, 0) is 0 Å². The number of aryl methyl sites for hydroxylation is 1. The molecule has 0 radical (unpaired) electrons. The summed E-state index contributed by atoms with van der Waals surface area (Å²) in [4.78, 5) is 10.7. The highest BCUT2D eigenvalue weighted by molar-refractivity contribution is 14.1. The summed E-state index contributed by atoms with van der Waals surface area (Å²) >= 11 is 2.25. The van der Waals surface area contributed by atoms with Crippen molar-refractivity contribution < 1.29 is 4.92 Å². The normalized spacial score (nSPS) is 11.9. The van der Waals surface area contributed by atoms with E-state index in [1.54, 1.807) is 12.1 Å². The summed E-state index contributed by atoms with van der Waals surface area (Å²) in [7, 11) is 0. The number of nitrogens with one attached hydrogen (secondary N) is 1. The Hall–Kier alpha value is -1.63. The molecule has 4 nitrogen and oxygen atoms in total. The number of hydrogen-bond acceptors (Lipinski definition) is 3. The molecule has 0 aliphatic rings. The van der Waals surface area contributed by atoms with Crippen LogP contribution in [0.25, 0.3) is 0 Å². The average Bonchev–Trinajstić information content (AvgIpc) is 2.39. The number of nitrogens with zero attached hydrogens (tertiary/aromatic N) is 1. The zero-order valence-corrected chi connectivity index (χ0v) is 13.4. The lowest BCUT2D eigenvalue weighted by molar-refractivity contribution is -0.384. The summed E-state index contributed by atoms with van der Waals surface area (Å²) in [5, 5.41) is 14.3. The van der Waals surface area contributed by atoms with Gasteiger partial charge in [0.2, 0.25) is 0 Å². The minimum Gasteiger partial charge on any atom is -0.373 e. The molecule has 2 aromatic rings. The van der Waals surface area contributed by atoms with Gasteiger partial charge in [0, 0.05) is 15.7 Å². The van der Waals surface area contributed by atoms with E-state index in [2.05, 4.69) is 27.9 Å². The second kappa shape index (κ2) is 6.21. The zero-order chi connectivity index (χ0) is 14.7. The van der Waals surface area contributed by atoms with E-state index in [9.17, 15) is 10.1 Å². The van der Waals surface area contributed by atoms with Crippen LogP contribution < -0.4 is 5.32 Å². The second-order valence-electron chi connectivity index (χ2n) is 4.70. The van der Waals surface area contributed by atoms with E-state index in [1.807, 2.05) is 38.1 Å². The summed E-state index contributed by atoms with van der Waals surface area (Å²) in [5.41, 5.74) is 2.75. The molecule has 2 aromatic carbocycles. The lowest BCUT2D eigenvalue weighted by atomic mass is 10.1. The first kappa shape index (κ1) is 14.8.